The highest BCUT2D eigenvalue weighted by Crippen LogP contribution is 2.31. The van der Waals surface area contributed by atoms with Crippen molar-refractivity contribution in [1.82, 2.24) is 24.5 Å². The van der Waals surface area contributed by atoms with E-state index >= 15 is 0 Å². The summed E-state index contributed by atoms with van der Waals surface area (Å²) in [5.41, 5.74) is 8.01. The van der Waals surface area contributed by atoms with Crippen molar-refractivity contribution in [3.05, 3.63) is 36.9 Å². The fourth-order valence-electron chi connectivity index (χ4n) is 2.72. The predicted molar refractivity (Wildman–Crippen MR) is 94.6 cm³/mol. The van der Waals surface area contributed by atoms with Gasteiger partial charge in [0.2, 0.25) is 5.95 Å². The molecule has 0 amide bonds. The Morgan fingerprint density at radius 2 is 1.92 bits per heavy atom. The van der Waals surface area contributed by atoms with Crippen LogP contribution in [0.15, 0.2) is 41.8 Å². The van der Waals surface area contributed by atoms with E-state index in [1.807, 2.05) is 13.2 Å². The third kappa shape index (κ3) is 2.58. The van der Waals surface area contributed by atoms with Gasteiger partial charge >= 0.3 is 0 Å². The molecule has 1 aromatic carbocycles. The van der Waals surface area contributed by atoms with Crippen LogP contribution in [0, 0.1) is 0 Å². The lowest BCUT2D eigenvalue weighted by molar-refractivity contribution is 0.602. The Bertz CT molecular complexity index is 1250. The van der Waals surface area contributed by atoms with Gasteiger partial charge < -0.3 is 10.3 Å². The first-order valence-electron chi connectivity index (χ1n) is 7.37. The summed E-state index contributed by atoms with van der Waals surface area (Å²) in [6, 6.07) is 4.81. The quantitative estimate of drug-likeness (QED) is 0.543. The molecule has 0 saturated heterocycles. The number of fused-ring (bicyclic) bond motifs is 3. The van der Waals surface area contributed by atoms with Gasteiger partial charge in [0.15, 0.2) is 9.84 Å². The zero-order valence-electron chi connectivity index (χ0n) is 13.5. The molecular weight excluding hydrogens is 340 g/mol. The number of hydrogen-bond acceptors (Lipinski definition) is 7. The van der Waals surface area contributed by atoms with E-state index in [1.54, 1.807) is 35.3 Å². The van der Waals surface area contributed by atoms with Gasteiger partial charge in [0.25, 0.3) is 0 Å². The van der Waals surface area contributed by atoms with Crippen LogP contribution in [0.5, 0.6) is 0 Å². The molecule has 4 rings (SSSR count). The van der Waals surface area contributed by atoms with E-state index in [4.69, 9.17) is 5.73 Å². The van der Waals surface area contributed by atoms with E-state index in [9.17, 15) is 8.42 Å². The molecule has 0 spiro atoms. The first-order valence-corrected chi connectivity index (χ1v) is 9.26. The molecule has 0 saturated carbocycles. The summed E-state index contributed by atoms with van der Waals surface area (Å²) >= 11 is 0. The maximum Gasteiger partial charge on any atom is 0.220 e. The van der Waals surface area contributed by atoms with Gasteiger partial charge in [0, 0.05) is 36.5 Å². The van der Waals surface area contributed by atoms with Crippen molar-refractivity contribution in [1.29, 1.82) is 0 Å². The van der Waals surface area contributed by atoms with E-state index in [0.717, 1.165) is 10.8 Å². The molecule has 0 radical (unpaired) electrons. The number of benzene rings is 1. The summed E-state index contributed by atoms with van der Waals surface area (Å²) in [6.07, 6.45) is 6.25. The SMILES string of the molecule is Cn1cnc(-c2nc3cc(S(C)(=O)=O)ccc3c3cnc(N)nc23)c1. The van der Waals surface area contributed by atoms with Crippen LogP contribution in [-0.2, 0) is 16.9 Å². The van der Waals surface area contributed by atoms with Crippen LogP contribution < -0.4 is 5.73 Å². The van der Waals surface area contributed by atoms with Gasteiger partial charge in [0.05, 0.1) is 16.7 Å². The molecule has 9 heteroatoms. The number of hydrogen-bond donors (Lipinski definition) is 1. The van der Waals surface area contributed by atoms with E-state index in [1.165, 1.54) is 6.26 Å². The fraction of sp³-hybridized carbons (Fsp3) is 0.125. The summed E-state index contributed by atoms with van der Waals surface area (Å²) in [5.74, 6) is 0.138. The number of aromatic nitrogens is 5. The Balaban J connectivity index is 2.15. The van der Waals surface area contributed by atoms with Crippen LogP contribution in [0.3, 0.4) is 0 Å². The summed E-state index contributed by atoms with van der Waals surface area (Å²) in [7, 11) is -1.49. The third-order valence-electron chi connectivity index (χ3n) is 3.90. The van der Waals surface area contributed by atoms with Gasteiger partial charge in [0.1, 0.15) is 16.9 Å². The second-order valence-corrected chi connectivity index (χ2v) is 7.84. The van der Waals surface area contributed by atoms with Gasteiger partial charge in [-0.3, -0.25) is 0 Å². The average Bonchev–Trinajstić information content (AvgIpc) is 2.98. The third-order valence-corrected chi connectivity index (χ3v) is 5.01. The first-order chi connectivity index (χ1) is 11.8. The molecule has 0 fully saturated rings. The van der Waals surface area contributed by atoms with E-state index < -0.39 is 9.84 Å². The number of nitrogen functional groups attached to an aromatic ring is 1. The number of aryl methyl sites for hydroxylation is 1. The minimum Gasteiger partial charge on any atom is -0.368 e. The molecule has 126 valence electrons. The Labute approximate surface area is 143 Å². The van der Waals surface area contributed by atoms with Crippen molar-refractivity contribution in [3.63, 3.8) is 0 Å². The topological polar surface area (TPSA) is 117 Å². The van der Waals surface area contributed by atoms with Gasteiger partial charge in [-0.25, -0.2) is 28.4 Å². The lowest BCUT2D eigenvalue weighted by atomic mass is 10.1. The minimum absolute atomic E-state index is 0.138. The van der Waals surface area contributed by atoms with Crippen molar-refractivity contribution < 1.29 is 8.42 Å². The summed E-state index contributed by atoms with van der Waals surface area (Å²) in [5, 5.41) is 1.49. The van der Waals surface area contributed by atoms with Crippen LogP contribution in [0.1, 0.15) is 0 Å². The molecule has 0 aliphatic heterocycles. The fourth-order valence-corrected chi connectivity index (χ4v) is 3.36. The smallest absolute Gasteiger partial charge is 0.220 e. The van der Waals surface area contributed by atoms with Crippen molar-refractivity contribution in [2.75, 3.05) is 12.0 Å². The average molecular weight is 354 g/mol. The Morgan fingerprint density at radius 3 is 2.60 bits per heavy atom. The number of rotatable bonds is 2. The maximum absolute atomic E-state index is 11.9. The molecule has 3 heterocycles. The summed E-state index contributed by atoms with van der Waals surface area (Å²) in [6.45, 7) is 0. The van der Waals surface area contributed by atoms with Gasteiger partial charge in [-0.15, -0.1) is 0 Å². The molecule has 0 atom stereocenters. The van der Waals surface area contributed by atoms with Gasteiger partial charge in [-0.2, -0.15) is 0 Å². The van der Waals surface area contributed by atoms with Crippen molar-refractivity contribution in [3.8, 4) is 11.4 Å². The summed E-state index contributed by atoms with van der Waals surface area (Å²) < 4.78 is 25.5. The van der Waals surface area contributed by atoms with Crippen LogP contribution in [-0.4, -0.2) is 39.2 Å². The Morgan fingerprint density at radius 1 is 1.12 bits per heavy atom. The lowest BCUT2D eigenvalue weighted by Crippen LogP contribution is -2.00. The van der Waals surface area contributed by atoms with Crippen LogP contribution in [0.4, 0.5) is 5.95 Å². The van der Waals surface area contributed by atoms with Crippen LogP contribution in [0.2, 0.25) is 0 Å². The monoisotopic (exact) mass is 354 g/mol. The molecule has 3 aromatic heterocycles. The van der Waals surface area contributed by atoms with E-state index in [0.29, 0.717) is 22.4 Å². The first kappa shape index (κ1) is 15.5. The van der Waals surface area contributed by atoms with Crippen LogP contribution >= 0.6 is 0 Å². The molecule has 25 heavy (non-hydrogen) atoms. The van der Waals surface area contributed by atoms with Crippen molar-refractivity contribution in [2.24, 2.45) is 7.05 Å². The lowest BCUT2D eigenvalue weighted by Gasteiger charge is -2.09. The molecule has 0 unspecified atom stereocenters. The zero-order chi connectivity index (χ0) is 17.8. The number of nitrogens with two attached hydrogens (primary N) is 1. The number of nitrogens with zero attached hydrogens (tertiary/aromatic N) is 5. The minimum atomic E-state index is -3.34. The van der Waals surface area contributed by atoms with E-state index in [2.05, 4.69) is 19.9 Å². The second-order valence-electron chi connectivity index (χ2n) is 5.83. The second kappa shape index (κ2) is 5.21. The molecule has 0 aliphatic carbocycles. The highest BCUT2D eigenvalue weighted by atomic mass is 32.2. The maximum atomic E-state index is 11.9. The molecule has 0 aliphatic rings. The van der Waals surface area contributed by atoms with Gasteiger partial charge in [-0.1, -0.05) is 6.07 Å². The Hall–Kier alpha value is -3.07. The summed E-state index contributed by atoms with van der Waals surface area (Å²) in [4.78, 5) is 17.5. The Kier molecular flexibility index (Phi) is 3.22. The predicted octanol–water partition coefficient (Wildman–Crippen LogP) is 1.56. The normalized spacial score (nSPS) is 12.1. The molecule has 0 bridgehead atoms. The molecular formula is C16H14N6O2S. The number of pyridine rings is 1. The largest absolute Gasteiger partial charge is 0.368 e. The van der Waals surface area contributed by atoms with E-state index in [-0.39, 0.29) is 10.8 Å². The molecule has 8 nitrogen and oxygen atoms in total. The highest BCUT2D eigenvalue weighted by molar-refractivity contribution is 7.90. The zero-order valence-corrected chi connectivity index (χ0v) is 14.3. The standard InChI is InChI=1S/C16H14N6O2S/c1-22-7-13(19-8-22)15-14-11(6-18-16(17)21-14)10-4-3-9(25(2,23)24)5-12(10)20-15/h3-8H,1-2H3,(H2,17,18,21). The number of anilines is 1. The molecule has 2 N–H and O–H groups in total. The highest BCUT2D eigenvalue weighted by Gasteiger charge is 2.16. The van der Waals surface area contributed by atoms with Crippen LogP contribution in [0.25, 0.3) is 33.2 Å². The van der Waals surface area contributed by atoms with Crippen molar-refractivity contribution >= 4 is 37.6 Å². The number of sulfone groups is 1. The number of imidazole rings is 1. The van der Waals surface area contributed by atoms with Crippen molar-refractivity contribution in [2.45, 2.75) is 4.90 Å². The molecule has 4 aromatic rings. The van der Waals surface area contributed by atoms with Gasteiger partial charge in [-0.05, 0) is 12.1 Å².